The van der Waals surface area contributed by atoms with Gasteiger partial charge in [-0.15, -0.1) is 10.1 Å². The van der Waals surface area contributed by atoms with E-state index in [1.165, 1.54) is 0 Å². The normalized spacial score (nSPS) is 4.80. The van der Waals surface area contributed by atoms with Gasteiger partial charge in [-0.25, -0.2) is 0 Å². The minimum atomic E-state index is -1.50. The Morgan fingerprint density at radius 2 is 1.80 bits per heavy atom. The molecule has 0 aromatic heterocycles. The second kappa shape index (κ2) is 4.54. The van der Waals surface area contributed by atoms with Crippen LogP contribution < -0.4 is 0 Å². The third-order valence-corrected chi connectivity index (χ3v) is 0. The fraction of sp³-hybridized carbons (Fsp3) is 0. The molecule has 0 spiro atoms. The minimum Gasteiger partial charge on any atom is -0.328 e. The third kappa shape index (κ3) is 101. The Labute approximate surface area is 60.4 Å². The molecular formula is HNO3Pm. The molecule has 0 atom stereocenters. The summed E-state index contributed by atoms with van der Waals surface area (Å²) in [5.41, 5.74) is 0. The first-order valence-corrected chi connectivity index (χ1v) is 0.565. The Kier molecular flexibility index (Phi) is 8.27. The van der Waals surface area contributed by atoms with Gasteiger partial charge in [0, 0.05) is 40.4 Å². The van der Waals surface area contributed by atoms with Crippen LogP contribution in [0.5, 0.6) is 0 Å². The van der Waals surface area contributed by atoms with Crippen LogP contribution in [0.4, 0.5) is 0 Å². The molecule has 0 fully saturated rings. The van der Waals surface area contributed by atoms with Gasteiger partial charge in [0.1, 0.15) is 0 Å². The van der Waals surface area contributed by atoms with E-state index >= 15 is 0 Å². The van der Waals surface area contributed by atoms with Gasteiger partial charge in [0.05, 0.1) is 0 Å². The maximum Gasteiger partial charge on any atom is 0.291 e. The number of rotatable bonds is 0. The smallest absolute Gasteiger partial charge is 0.291 e. The molecule has 0 aliphatic carbocycles. The van der Waals surface area contributed by atoms with E-state index in [0.29, 0.717) is 0 Å². The monoisotopic (exact) mass is 208 g/mol. The number of hydrogen-bond donors (Lipinski definition) is 1. The summed E-state index contributed by atoms with van der Waals surface area (Å²) in [7, 11) is 0. The number of nitrogens with zero attached hydrogens (tertiary/aromatic N) is 1. The molecule has 5 heteroatoms. The first-order valence-electron chi connectivity index (χ1n) is 0.565. The summed E-state index contributed by atoms with van der Waals surface area (Å²) in [6.07, 6.45) is 0. The van der Waals surface area contributed by atoms with Crippen LogP contribution in [0.3, 0.4) is 0 Å². The molecule has 1 N–H and O–H groups in total. The van der Waals surface area contributed by atoms with Crippen molar-refractivity contribution in [2.24, 2.45) is 0 Å². The van der Waals surface area contributed by atoms with Gasteiger partial charge < -0.3 is 5.21 Å². The van der Waals surface area contributed by atoms with Gasteiger partial charge in [0.15, 0.2) is 0 Å². The standard InChI is InChI=1S/HNO3.Pm/c2-1(3)4;/h(H,2,3,4);. The molecule has 0 aliphatic heterocycles. The van der Waals surface area contributed by atoms with Gasteiger partial charge in [-0.05, 0) is 0 Å². The summed E-state index contributed by atoms with van der Waals surface area (Å²) < 4.78 is 0. The average Bonchev–Trinajstić information content (AvgIpc) is 0.811. The second-order valence-corrected chi connectivity index (χ2v) is 0.238. The predicted molar refractivity (Wildman–Crippen MR) is 8.78 cm³/mol. The van der Waals surface area contributed by atoms with Crippen molar-refractivity contribution in [3.05, 3.63) is 10.1 Å². The van der Waals surface area contributed by atoms with E-state index < -0.39 is 5.09 Å². The minimum absolute atomic E-state index is 0. The van der Waals surface area contributed by atoms with Gasteiger partial charge in [0.25, 0.3) is 5.09 Å². The summed E-state index contributed by atoms with van der Waals surface area (Å²) >= 11 is 0. The molecule has 0 saturated carbocycles. The van der Waals surface area contributed by atoms with Gasteiger partial charge in [-0.3, -0.25) is 0 Å². The van der Waals surface area contributed by atoms with E-state index in [0.717, 1.165) is 0 Å². The van der Waals surface area contributed by atoms with Crippen molar-refractivity contribution in [1.82, 2.24) is 0 Å². The van der Waals surface area contributed by atoms with Crippen LogP contribution >= 0.6 is 0 Å². The molecule has 4 nitrogen and oxygen atoms in total. The van der Waals surface area contributed by atoms with Gasteiger partial charge in [0.2, 0.25) is 0 Å². The van der Waals surface area contributed by atoms with Gasteiger partial charge in [-0.1, -0.05) is 0 Å². The van der Waals surface area contributed by atoms with Crippen molar-refractivity contribution < 1.29 is 50.7 Å². The maximum atomic E-state index is 8.36. The molecule has 0 amide bonds. The molecule has 0 aromatic carbocycles. The SMILES string of the molecule is O=[N+]([O-])O.[Pm]. The molecular weight excluding hydrogens is 207 g/mol. The quantitative estimate of drug-likeness (QED) is 0.437. The zero-order valence-corrected chi connectivity index (χ0v) is 5.03. The summed E-state index contributed by atoms with van der Waals surface area (Å²) in [4.78, 5) is 8.36. The topological polar surface area (TPSA) is 63.4 Å². The van der Waals surface area contributed by atoms with E-state index in [2.05, 4.69) is 0 Å². The summed E-state index contributed by atoms with van der Waals surface area (Å²) in [6, 6.07) is 0. The third-order valence-electron chi connectivity index (χ3n) is 0. The summed E-state index contributed by atoms with van der Waals surface area (Å²) in [6.45, 7) is 0. The fourth-order valence-electron chi connectivity index (χ4n) is 0. The van der Waals surface area contributed by atoms with Crippen molar-refractivity contribution in [1.29, 1.82) is 0 Å². The molecule has 0 aromatic rings. The van der Waals surface area contributed by atoms with E-state index in [4.69, 9.17) is 15.3 Å². The van der Waals surface area contributed by atoms with Crippen LogP contribution in [0, 0.1) is 50.5 Å². The molecule has 0 bridgehead atoms. The Bertz CT molecular complexity index is 29.9. The molecule has 1 radical (unpaired) electrons. The molecule has 0 rings (SSSR count). The predicted octanol–water partition coefficient (Wildman–Crippen LogP) is -0.348. The first-order chi connectivity index (χ1) is 1.73. The van der Waals surface area contributed by atoms with Crippen molar-refractivity contribution >= 4 is 0 Å². The first kappa shape index (κ1) is 9.11. The second-order valence-electron chi connectivity index (χ2n) is 0.238. The zero-order valence-electron chi connectivity index (χ0n) is 2.16. The average molecular weight is 208 g/mol. The Morgan fingerprint density at radius 3 is 1.80 bits per heavy atom. The van der Waals surface area contributed by atoms with Crippen LogP contribution in [0.1, 0.15) is 0 Å². The Hall–Kier alpha value is 0.538. The van der Waals surface area contributed by atoms with Crippen molar-refractivity contribution in [3.8, 4) is 0 Å². The van der Waals surface area contributed by atoms with E-state index in [-0.39, 0.29) is 40.4 Å². The van der Waals surface area contributed by atoms with E-state index in [9.17, 15) is 0 Å². The van der Waals surface area contributed by atoms with Crippen molar-refractivity contribution in [2.45, 2.75) is 0 Å². The van der Waals surface area contributed by atoms with E-state index in [1.54, 1.807) is 0 Å². The largest absolute Gasteiger partial charge is 0.328 e. The van der Waals surface area contributed by atoms with E-state index in [1.807, 2.05) is 0 Å². The van der Waals surface area contributed by atoms with Gasteiger partial charge in [-0.2, -0.15) is 0 Å². The number of hydrogen-bond acceptors (Lipinski definition) is 2. The zero-order chi connectivity index (χ0) is 3.58. The molecule has 0 aliphatic rings. The van der Waals surface area contributed by atoms with Crippen LogP contribution in [-0.2, 0) is 0 Å². The van der Waals surface area contributed by atoms with Crippen molar-refractivity contribution in [2.75, 3.05) is 0 Å². The fourth-order valence-corrected chi connectivity index (χ4v) is 0. The molecule has 0 saturated heterocycles. The molecule has 5 heavy (non-hydrogen) atoms. The van der Waals surface area contributed by atoms with Gasteiger partial charge >= 0.3 is 0 Å². The van der Waals surface area contributed by atoms with Crippen molar-refractivity contribution in [3.63, 3.8) is 0 Å². The van der Waals surface area contributed by atoms with Crippen LogP contribution in [0.15, 0.2) is 0 Å². The van der Waals surface area contributed by atoms with Crippen LogP contribution in [0.2, 0.25) is 0 Å². The molecule has 0 heterocycles. The molecule has 0 unspecified atom stereocenters. The molecule has 29 valence electrons. The maximum absolute atomic E-state index is 8.36. The van der Waals surface area contributed by atoms with Crippen LogP contribution in [0.25, 0.3) is 0 Å². The Balaban J connectivity index is 0. The summed E-state index contributed by atoms with van der Waals surface area (Å²) in [5.74, 6) is 0. The Morgan fingerprint density at radius 1 is 1.80 bits per heavy atom. The summed E-state index contributed by atoms with van der Waals surface area (Å²) in [5, 5.41) is 13.6. The van der Waals surface area contributed by atoms with Crippen LogP contribution in [-0.4, -0.2) is 10.3 Å².